The minimum absolute atomic E-state index is 0.0217. The highest BCUT2D eigenvalue weighted by Crippen LogP contribution is 2.42. The lowest BCUT2D eigenvalue weighted by molar-refractivity contribution is 0.134. The van der Waals surface area contributed by atoms with E-state index in [1.165, 1.54) is 3.57 Å². The maximum Gasteiger partial charge on any atom is 0.326 e. The van der Waals surface area contributed by atoms with Crippen LogP contribution < -0.4 is 11.0 Å². The molecule has 4 heterocycles. The van der Waals surface area contributed by atoms with Crippen molar-refractivity contribution in [2.75, 3.05) is 5.32 Å². The van der Waals surface area contributed by atoms with Crippen LogP contribution in [-0.2, 0) is 6.61 Å². The molecule has 2 bridgehead atoms. The molecule has 2 aromatic heterocycles. The Labute approximate surface area is 227 Å². The summed E-state index contributed by atoms with van der Waals surface area (Å²) in [5, 5.41) is 12.4. The Balaban J connectivity index is 1.26. The van der Waals surface area contributed by atoms with Gasteiger partial charge in [0, 0.05) is 44.7 Å². The molecule has 6 rings (SSSR count). The van der Waals surface area contributed by atoms with Gasteiger partial charge in [0.25, 0.3) is 0 Å². The number of carbonyl (C=O) groups excluding carboxylic acids is 1. The molecule has 0 radical (unpaired) electrons. The van der Waals surface area contributed by atoms with Crippen molar-refractivity contribution in [3.63, 3.8) is 0 Å². The number of piperidine rings is 1. The lowest BCUT2D eigenvalue weighted by Gasteiger charge is -2.39. The number of pyridine rings is 1. The van der Waals surface area contributed by atoms with Crippen LogP contribution in [0, 0.1) is 10.5 Å². The summed E-state index contributed by atoms with van der Waals surface area (Å²) in [5.41, 5.74) is 5.86. The van der Waals surface area contributed by atoms with E-state index in [1.807, 2.05) is 58.9 Å². The van der Waals surface area contributed by atoms with Crippen molar-refractivity contribution in [1.82, 2.24) is 19.4 Å². The second-order valence-electron chi connectivity index (χ2n) is 10.0. The van der Waals surface area contributed by atoms with E-state index >= 15 is 0 Å². The summed E-state index contributed by atoms with van der Waals surface area (Å²) in [6, 6.07) is 15.7. The summed E-state index contributed by atoms with van der Waals surface area (Å²) >= 11 is 2.29. The number of imidazole rings is 1. The molecular weight excluding hydrogens is 581 g/mol. The molecule has 2 aliphatic heterocycles. The van der Waals surface area contributed by atoms with Gasteiger partial charge in [-0.1, -0.05) is 18.2 Å². The van der Waals surface area contributed by atoms with E-state index in [4.69, 9.17) is 0 Å². The standard InChI is InChI=1S/C28H28IN5O3/c1-16-11-18(7-10-24(16)29)31-27(36)33-20-8-9-21(33)13-22(12-20)34-25-4-2-3-23(26(25)32-28(34)37)17-5-6-19(15-35)30-14-17/h2-7,10-11,14,20-22,35H,8-9,12-13,15H2,1H3,(H,31,36)(H,32,37). The van der Waals surface area contributed by atoms with Crippen LogP contribution in [0.1, 0.15) is 43.0 Å². The average molecular weight is 609 g/mol. The molecule has 9 heteroatoms. The minimum Gasteiger partial charge on any atom is -0.390 e. The van der Waals surface area contributed by atoms with E-state index in [0.717, 1.165) is 59.1 Å². The van der Waals surface area contributed by atoms with Crippen LogP contribution in [0.15, 0.2) is 59.5 Å². The van der Waals surface area contributed by atoms with Crippen molar-refractivity contribution in [3.05, 3.63) is 80.0 Å². The number of aliphatic hydroxyl groups is 1. The highest BCUT2D eigenvalue weighted by Gasteiger charge is 2.44. The molecule has 2 aliphatic rings. The number of benzene rings is 2. The van der Waals surface area contributed by atoms with E-state index in [0.29, 0.717) is 5.69 Å². The minimum atomic E-state index is -0.126. The fourth-order valence-electron chi connectivity index (χ4n) is 6.03. The van der Waals surface area contributed by atoms with Crippen molar-refractivity contribution >= 4 is 45.3 Å². The van der Waals surface area contributed by atoms with Crippen LogP contribution in [0.5, 0.6) is 0 Å². The Morgan fingerprint density at radius 3 is 2.59 bits per heavy atom. The number of aromatic amines is 1. The van der Waals surface area contributed by atoms with E-state index < -0.39 is 0 Å². The molecule has 2 saturated heterocycles. The largest absolute Gasteiger partial charge is 0.390 e. The number of carbonyl (C=O) groups is 1. The summed E-state index contributed by atoms with van der Waals surface area (Å²) in [7, 11) is 0. The molecule has 190 valence electrons. The lowest BCUT2D eigenvalue weighted by atomic mass is 9.97. The van der Waals surface area contributed by atoms with Gasteiger partial charge < -0.3 is 20.3 Å². The summed E-state index contributed by atoms with van der Waals surface area (Å²) in [5.74, 6) is 0. The van der Waals surface area contributed by atoms with Crippen LogP contribution >= 0.6 is 22.6 Å². The molecule has 2 aromatic carbocycles. The number of aromatic nitrogens is 3. The predicted molar refractivity (Wildman–Crippen MR) is 152 cm³/mol. The number of hydrogen-bond donors (Lipinski definition) is 3. The Bertz CT molecular complexity index is 1530. The number of rotatable bonds is 4. The first-order chi connectivity index (χ1) is 17.9. The maximum absolute atomic E-state index is 13.3. The molecule has 0 saturated carbocycles. The van der Waals surface area contributed by atoms with Crippen LogP contribution in [0.4, 0.5) is 10.5 Å². The van der Waals surface area contributed by atoms with Crippen molar-refractivity contribution in [3.8, 4) is 11.1 Å². The normalized spacial score (nSPS) is 20.9. The molecular formula is C28H28IN5O3. The Morgan fingerprint density at radius 1 is 1.14 bits per heavy atom. The molecule has 3 N–H and O–H groups in total. The monoisotopic (exact) mass is 609 g/mol. The molecule has 0 spiro atoms. The molecule has 2 fully saturated rings. The number of aryl methyl sites for hydroxylation is 1. The Kier molecular flexibility index (Phi) is 6.28. The Hall–Kier alpha value is -3.18. The molecule has 0 aliphatic carbocycles. The van der Waals surface area contributed by atoms with Crippen molar-refractivity contribution in [2.24, 2.45) is 0 Å². The summed E-state index contributed by atoms with van der Waals surface area (Å²) < 4.78 is 3.06. The Morgan fingerprint density at radius 2 is 1.92 bits per heavy atom. The van der Waals surface area contributed by atoms with E-state index in [9.17, 15) is 14.7 Å². The van der Waals surface area contributed by atoms with Gasteiger partial charge in [-0.05, 0) is 91.1 Å². The highest BCUT2D eigenvalue weighted by atomic mass is 127. The summed E-state index contributed by atoms with van der Waals surface area (Å²) in [6.07, 6.45) is 5.12. The number of H-pyrrole nitrogens is 1. The zero-order valence-electron chi connectivity index (χ0n) is 20.4. The van der Waals surface area contributed by atoms with E-state index in [1.54, 1.807) is 12.3 Å². The van der Waals surface area contributed by atoms with E-state index in [-0.39, 0.29) is 36.5 Å². The van der Waals surface area contributed by atoms with Crippen molar-refractivity contribution in [2.45, 2.75) is 57.3 Å². The number of para-hydroxylation sites is 1. The number of urea groups is 1. The first-order valence-electron chi connectivity index (χ1n) is 12.6. The second-order valence-corrected chi connectivity index (χ2v) is 11.2. The third kappa shape index (κ3) is 4.33. The zero-order chi connectivity index (χ0) is 25.7. The van der Waals surface area contributed by atoms with Gasteiger partial charge in [-0.15, -0.1) is 0 Å². The van der Waals surface area contributed by atoms with Gasteiger partial charge in [-0.25, -0.2) is 9.59 Å². The van der Waals surface area contributed by atoms with Gasteiger partial charge in [0.1, 0.15) is 0 Å². The van der Waals surface area contributed by atoms with Gasteiger partial charge in [0.15, 0.2) is 0 Å². The number of amides is 2. The van der Waals surface area contributed by atoms with Gasteiger partial charge in [0.2, 0.25) is 0 Å². The van der Waals surface area contributed by atoms with E-state index in [2.05, 4.69) is 37.9 Å². The molecule has 2 amide bonds. The smallest absolute Gasteiger partial charge is 0.326 e. The van der Waals surface area contributed by atoms with Crippen LogP contribution in [0.25, 0.3) is 22.2 Å². The third-order valence-electron chi connectivity index (χ3n) is 7.77. The van der Waals surface area contributed by atoms with Crippen LogP contribution in [0.3, 0.4) is 0 Å². The molecule has 2 unspecified atom stereocenters. The van der Waals surface area contributed by atoms with Crippen LogP contribution in [0.2, 0.25) is 0 Å². The first kappa shape index (κ1) is 24.2. The number of aliphatic hydroxyl groups excluding tert-OH is 1. The topological polar surface area (TPSA) is 103 Å². The SMILES string of the molecule is Cc1cc(NC(=O)N2C3CCC2CC(n2c(=O)[nH]c4c(-c5ccc(CO)nc5)cccc42)C3)ccc1I. The maximum atomic E-state index is 13.3. The number of nitrogens with one attached hydrogen (secondary N) is 2. The first-order valence-corrected chi connectivity index (χ1v) is 13.7. The van der Waals surface area contributed by atoms with Crippen molar-refractivity contribution < 1.29 is 9.90 Å². The molecule has 37 heavy (non-hydrogen) atoms. The third-order valence-corrected chi connectivity index (χ3v) is 8.98. The zero-order valence-corrected chi connectivity index (χ0v) is 22.6. The summed E-state index contributed by atoms with van der Waals surface area (Å²) in [4.78, 5) is 35.9. The van der Waals surface area contributed by atoms with Crippen LogP contribution in [-0.4, -0.2) is 42.7 Å². The number of anilines is 1. The number of fused-ring (bicyclic) bond motifs is 3. The fraction of sp³-hybridized carbons (Fsp3) is 0.321. The highest BCUT2D eigenvalue weighted by molar-refractivity contribution is 14.1. The average Bonchev–Trinajstić information content (AvgIpc) is 3.38. The fourth-order valence-corrected chi connectivity index (χ4v) is 6.37. The second kappa shape index (κ2) is 9.60. The predicted octanol–water partition coefficient (Wildman–Crippen LogP) is 5.20. The molecule has 8 nitrogen and oxygen atoms in total. The lowest BCUT2D eigenvalue weighted by Crippen LogP contribution is -2.49. The quantitative estimate of drug-likeness (QED) is 0.277. The van der Waals surface area contributed by atoms with Gasteiger partial charge in [-0.3, -0.25) is 9.55 Å². The number of hydrogen-bond acceptors (Lipinski definition) is 4. The van der Waals surface area contributed by atoms with Crippen molar-refractivity contribution in [1.29, 1.82) is 0 Å². The molecule has 2 atom stereocenters. The number of nitrogens with zero attached hydrogens (tertiary/aromatic N) is 3. The van der Waals surface area contributed by atoms with Gasteiger partial charge in [-0.2, -0.15) is 0 Å². The summed E-state index contributed by atoms with van der Waals surface area (Å²) in [6.45, 7) is 1.93. The van der Waals surface area contributed by atoms with Gasteiger partial charge >= 0.3 is 11.7 Å². The number of halogens is 1. The molecule has 4 aromatic rings. The van der Waals surface area contributed by atoms with Gasteiger partial charge in [0.05, 0.1) is 23.3 Å².